The number of nitrogens with one attached hydrogen (secondary N) is 1. The Labute approximate surface area is 116 Å². The van der Waals surface area contributed by atoms with Gasteiger partial charge in [-0.25, -0.2) is 4.79 Å². The predicted octanol–water partition coefficient (Wildman–Crippen LogP) is 2.82. The molecule has 1 heterocycles. The molecule has 1 aromatic heterocycles. The van der Waals surface area contributed by atoms with Gasteiger partial charge in [0.2, 0.25) is 0 Å². The molecule has 1 N–H and O–H groups in total. The normalized spacial score (nSPS) is 10.2. The second kappa shape index (κ2) is 6.10. The van der Waals surface area contributed by atoms with Crippen LogP contribution in [0.1, 0.15) is 6.92 Å². The Morgan fingerprint density at radius 3 is 2.80 bits per heavy atom. The summed E-state index contributed by atoms with van der Waals surface area (Å²) >= 11 is 0. The highest BCUT2D eigenvalue weighted by Gasteiger charge is 2.15. The van der Waals surface area contributed by atoms with Crippen LogP contribution in [-0.2, 0) is 4.74 Å². The summed E-state index contributed by atoms with van der Waals surface area (Å²) in [5, 5.41) is 3.40. The molecule has 6 nitrogen and oxygen atoms in total. The van der Waals surface area contributed by atoms with E-state index in [4.69, 9.17) is 14.2 Å². The van der Waals surface area contributed by atoms with Crippen molar-refractivity contribution >= 4 is 22.7 Å². The molecule has 0 aliphatic heterocycles. The van der Waals surface area contributed by atoms with E-state index in [9.17, 15) is 4.79 Å². The summed E-state index contributed by atoms with van der Waals surface area (Å²) in [7, 11) is 3.09. The number of anilines is 1. The molecule has 0 aliphatic carbocycles. The Hall–Kier alpha value is -2.50. The molecule has 0 fully saturated rings. The average molecular weight is 276 g/mol. The number of nitrogens with zero attached hydrogens (tertiary/aromatic N) is 1. The van der Waals surface area contributed by atoms with Crippen molar-refractivity contribution in [1.82, 2.24) is 4.98 Å². The highest BCUT2D eigenvalue weighted by Crippen LogP contribution is 2.39. The third-order valence-corrected chi connectivity index (χ3v) is 2.74. The molecular weight excluding hydrogens is 260 g/mol. The number of carbonyl (C=O) groups excluding carboxylic acids is 1. The van der Waals surface area contributed by atoms with Crippen molar-refractivity contribution < 1.29 is 19.0 Å². The van der Waals surface area contributed by atoms with Gasteiger partial charge < -0.3 is 14.2 Å². The zero-order valence-corrected chi connectivity index (χ0v) is 11.6. The molecule has 6 heteroatoms. The molecule has 1 aromatic carbocycles. The van der Waals surface area contributed by atoms with E-state index in [2.05, 4.69) is 10.3 Å². The van der Waals surface area contributed by atoms with Crippen LogP contribution in [0.15, 0.2) is 24.4 Å². The molecule has 0 atom stereocenters. The molecule has 0 bridgehead atoms. The first kappa shape index (κ1) is 13.9. The molecule has 0 radical (unpaired) electrons. The monoisotopic (exact) mass is 276 g/mol. The van der Waals surface area contributed by atoms with E-state index in [0.717, 1.165) is 5.39 Å². The van der Waals surface area contributed by atoms with Gasteiger partial charge in [0.1, 0.15) is 0 Å². The number of hydrogen-bond donors (Lipinski definition) is 1. The zero-order chi connectivity index (χ0) is 14.5. The van der Waals surface area contributed by atoms with Crippen LogP contribution >= 0.6 is 0 Å². The van der Waals surface area contributed by atoms with Gasteiger partial charge in [-0.3, -0.25) is 10.3 Å². The summed E-state index contributed by atoms with van der Waals surface area (Å²) in [5.74, 6) is 1.09. The largest absolute Gasteiger partial charge is 0.493 e. The Morgan fingerprint density at radius 2 is 2.15 bits per heavy atom. The topological polar surface area (TPSA) is 69.7 Å². The number of aromatic nitrogens is 1. The first-order valence-corrected chi connectivity index (χ1v) is 6.14. The molecular formula is C14H16N2O4. The molecule has 2 rings (SSSR count). The van der Waals surface area contributed by atoms with Crippen LogP contribution in [-0.4, -0.2) is 31.9 Å². The molecule has 20 heavy (non-hydrogen) atoms. The number of amides is 1. The highest BCUT2D eigenvalue weighted by atomic mass is 16.5. The fourth-order valence-electron chi connectivity index (χ4n) is 1.94. The molecule has 2 aromatic rings. The van der Waals surface area contributed by atoms with Crippen LogP contribution < -0.4 is 14.8 Å². The summed E-state index contributed by atoms with van der Waals surface area (Å²) in [6, 6.07) is 5.30. The number of methoxy groups -OCH3 is 2. The summed E-state index contributed by atoms with van der Waals surface area (Å²) in [6.45, 7) is 2.04. The van der Waals surface area contributed by atoms with Crippen LogP contribution in [0.4, 0.5) is 10.5 Å². The maximum Gasteiger partial charge on any atom is 0.411 e. The van der Waals surface area contributed by atoms with Crippen molar-refractivity contribution in [2.24, 2.45) is 0 Å². The summed E-state index contributed by atoms with van der Waals surface area (Å²) in [4.78, 5) is 15.8. The van der Waals surface area contributed by atoms with E-state index in [1.807, 2.05) is 6.07 Å². The lowest BCUT2D eigenvalue weighted by molar-refractivity contribution is 0.168. The summed E-state index contributed by atoms with van der Waals surface area (Å²) < 4.78 is 15.5. The van der Waals surface area contributed by atoms with E-state index < -0.39 is 6.09 Å². The summed E-state index contributed by atoms with van der Waals surface area (Å²) in [6.07, 6.45) is 1.11. The summed E-state index contributed by atoms with van der Waals surface area (Å²) in [5.41, 5.74) is 1.12. The van der Waals surface area contributed by atoms with E-state index in [0.29, 0.717) is 29.3 Å². The second-order valence-corrected chi connectivity index (χ2v) is 3.90. The molecule has 0 aliphatic rings. The quantitative estimate of drug-likeness (QED) is 0.929. The predicted molar refractivity (Wildman–Crippen MR) is 75.5 cm³/mol. The Morgan fingerprint density at radius 1 is 1.35 bits per heavy atom. The highest BCUT2D eigenvalue weighted by molar-refractivity contribution is 6.02. The van der Waals surface area contributed by atoms with E-state index >= 15 is 0 Å². The zero-order valence-electron chi connectivity index (χ0n) is 11.6. The number of benzene rings is 1. The van der Waals surface area contributed by atoms with Crippen molar-refractivity contribution in [2.75, 3.05) is 26.1 Å². The van der Waals surface area contributed by atoms with Crippen molar-refractivity contribution in [3.8, 4) is 11.5 Å². The van der Waals surface area contributed by atoms with Crippen LogP contribution in [0.5, 0.6) is 11.5 Å². The van der Waals surface area contributed by atoms with Crippen molar-refractivity contribution in [3.63, 3.8) is 0 Å². The Kier molecular flexibility index (Phi) is 4.24. The van der Waals surface area contributed by atoms with Gasteiger partial charge in [0, 0.05) is 17.6 Å². The van der Waals surface area contributed by atoms with Gasteiger partial charge in [0.05, 0.1) is 32.0 Å². The lowest BCUT2D eigenvalue weighted by atomic mass is 10.1. The number of ether oxygens (including phenoxy) is 3. The fourth-order valence-corrected chi connectivity index (χ4v) is 1.94. The van der Waals surface area contributed by atoms with E-state index in [-0.39, 0.29) is 0 Å². The number of pyridine rings is 1. The first-order valence-electron chi connectivity index (χ1n) is 6.14. The van der Waals surface area contributed by atoms with Crippen LogP contribution in [0.2, 0.25) is 0 Å². The maximum atomic E-state index is 11.6. The average Bonchev–Trinajstić information content (AvgIpc) is 2.47. The number of carbonyl (C=O) groups is 1. The Bertz CT molecular complexity index is 628. The SMILES string of the molecule is CCOC(=O)Nc1cc(OC)c(OC)c2cccnc12. The molecule has 0 unspecified atom stereocenters. The van der Waals surface area contributed by atoms with E-state index in [1.54, 1.807) is 32.4 Å². The second-order valence-electron chi connectivity index (χ2n) is 3.90. The molecule has 0 saturated heterocycles. The number of hydrogen-bond acceptors (Lipinski definition) is 5. The molecule has 1 amide bonds. The lowest BCUT2D eigenvalue weighted by Crippen LogP contribution is -2.14. The standard InChI is InChI=1S/C14H16N2O4/c1-4-20-14(17)16-10-8-11(18-2)13(19-3)9-6-5-7-15-12(9)10/h5-8H,4H2,1-3H3,(H,16,17). The van der Waals surface area contributed by atoms with Gasteiger partial charge in [-0.05, 0) is 19.1 Å². The van der Waals surface area contributed by atoms with Gasteiger partial charge in [0.15, 0.2) is 11.5 Å². The van der Waals surface area contributed by atoms with Gasteiger partial charge in [-0.2, -0.15) is 0 Å². The fraction of sp³-hybridized carbons (Fsp3) is 0.286. The number of rotatable bonds is 4. The van der Waals surface area contributed by atoms with E-state index in [1.165, 1.54) is 7.11 Å². The third kappa shape index (κ3) is 2.59. The van der Waals surface area contributed by atoms with Gasteiger partial charge >= 0.3 is 6.09 Å². The third-order valence-electron chi connectivity index (χ3n) is 2.74. The van der Waals surface area contributed by atoms with Crippen LogP contribution in [0, 0.1) is 0 Å². The minimum Gasteiger partial charge on any atom is -0.493 e. The molecule has 106 valence electrons. The number of fused-ring (bicyclic) bond motifs is 1. The maximum absolute atomic E-state index is 11.6. The first-order chi connectivity index (χ1) is 9.71. The minimum absolute atomic E-state index is 0.296. The van der Waals surface area contributed by atoms with Crippen molar-refractivity contribution in [1.29, 1.82) is 0 Å². The van der Waals surface area contributed by atoms with Crippen molar-refractivity contribution in [3.05, 3.63) is 24.4 Å². The molecule has 0 saturated carbocycles. The van der Waals surface area contributed by atoms with Gasteiger partial charge in [0.25, 0.3) is 0 Å². The smallest absolute Gasteiger partial charge is 0.411 e. The lowest BCUT2D eigenvalue weighted by Gasteiger charge is -2.14. The molecule has 0 spiro atoms. The van der Waals surface area contributed by atoms with Gasteiger partial charge in [-0.1, -0.05) is 0 Å². The van der Waals surface area contributed by atoms with Crippen LogP contribution in [0.25, 0.3) is 10.9 Å². The Balaban J connectivity index is 2.56. The van der Waals surface area contributed by atoms with Gasteiger partial charge in [-0.15, -0.1) is 0 Å². The van der Waals surface area contributed by atoms with Crippen molar-refractivity contribution in [2.45, 2.75) is 6.92 Å². The minimum atomic E-state index is -0.535. The van der Waals surface area contributed by atoms with Crippen LogP contribution in [0.3, 0.4) is 0 Å².